The summed E-state index contributed by atoms with van der Waals surface area (Å²) in [4.78, 5) is 7.93. The number of anilines is 1. The number of nitrogens with zero attached hydrogens (tertiary/aromatic N) is 2. The van der Waals surface area contributed by atoms with Gasteiger partial charge in [0.15, 0.2) is 0 Å². The molecular formula is C9H12N2S. The van der Waals surface area contributed by atoms with E-state index in [-0.39, 0.29) is 0 Å². The van der Waals surface area contributed by atoms with Gasteiger partial charge in [-0.3, -0.25) is 4.99 Å². The first-order valence-corrected chi connectivity index (χ1v) is 5.12. The van der Waals surface area contributed by atoms with Gasteiger partial charge in [0.25, 0.3) is 0 Å². The number of thiophene rings is 1. The Morgan fingerprint density at radius 2 is 2.58 bits per heavy atom. The van der Waals surface area contributed by atoms with Crippen LogP contribution in [-0.2, 0) is 0 Å². The quantitative estimate of drug-likeness (QED) is 0.682. The van der Waals surface area contributed by atoms with Crippen LogP contribution in [0.15, 0.2) is 16.4 Å². The molecule has 2 heterocycles. The van der Waals surface area contributed by atoms with E-state index in [0.717, 1.165) is 13.2 Å². The highest BCUT2D eigenvalue weighted by atomic mass is 32.1. The van der Waals surface area contributed by atoms with Crippen molar-refractivity contribution < 1.29 is 0 Å². The highest BCUT2D eigenvalue weighted by Gasteiger charge is 2.12. The van der Waals surface area contributed by atoms with Crippen molar-refractivity contribution in [2.45, 2.75) is 13.3 Å². The molecule has 12 heavy (non-hydrogen) atoms. The Balaban J connectivity index is 2.26. The predicted octanol–water partition coefficient (Wildman–Crippen LogP) is 2.35. The van der Waals surface area contributed by atoms with Gasteiger partial charge in [-0.2, -0.15) is 0 Å². The van der Waals surface area contributed by atoms with Crippen molar-refractivity contribution in [2.75, 3.05) is 18.1 Å². The van der Waals surface area contributed by atoms with Gasteiger partial charge in [0.05, 0.1) is 10.6 Å². The lowest BCUT2D eigenvalue weighted by atomic mass is 10.3. The fourth-order valence-corrected chi connectivity index (χ4v) is 2.23. The van der Waals surface area contributed by atoms with Gasteiger partial charge in [0.2, 0.25) is 0 Å². The summed E-state index contributed by atoms with van der Waals surface area (Å²) in [6, 6.07) is 2.18. The lowest BCUT2D eigenvalue weighted by Gasteiger charge is -2.24. The smallest absolute Gasteiger partial charge is 0.110 e. The summed E-state index contributed by atoms with van der Waals surface area (Å²) in [5, 5.41) is 2.13. The maximum Gasteiger partial charge on any atom is 0.110 e. The second kappa shape index (κ2) is 3.27. The molecular weight excluding hydrogens is 168 g/mol. The van der Waals surface area contributed by atoms with Crippen LogP contribution in [0.3, 0.4) is 0 Å². The van der Waals surface area contributed by atoms with Gasteiger partial charge in [-0.15, -0.1) is 11.3 Å². The molecule has 1 aliphatic rings. The first kappa shape index (κ1) is 7.80. The average molecular weight is 180 g/mol. The number of aliphatic imine (C=N–C) groups is 1. The van der Waals surface area contributed by atoms with Gasteiger partial charge in [-0.05, 0) is 17.9 Å². The van der Waals surface area contributed by atoms with Crippen LogP contribution < -0.4 is 4.90 Å². The van der Waals surface area contributed by atoms with E-state index < -0.39 is 0 Å². The highest BCUT2D eigenvalue weighted by Crippen LogP contribution is 2.27. The molecule has 0 unspecified atom stereocenters. The molecule has 0 radical (unpaired) electrons. The van der Waals surface area contributed by atoms with E-state index in [2.05, 4.69) is 28.3 Å². The van der Waals surface area contributed by atoms with Crippen LogP contribution >= 0.6 is 11.3 Å². The molecule has 0 saturated carbocycles. The van der Waals surface area contributed by atoms with E-state index >= 15 is 0 Å². The number of rotatable bonds is 2. The molecule has 2 rings (SSSR count). The molecule has 1 aromatic rings. The maximum absolute atomic E-state index is 4.30. The van der Waals surface area contributed by atoms with Gasteiger partial charge in [0.1, 0.15) is 6.67 Å². The normalized spacial score (nSPS) is 14.9. The molecule has 0 amide bonds. The fourth-order valence-electron chi connectivity index (χ4n) is 1.43. The molecule has 0 aromatic carbocycles. The Kier molecular flexibility index (Phi) is 2.13. The first-order chi connectivity index (χ1) is 5.92. The van der Waals surface area contributed by atoms with Crippen LogP contribution in [0.2, 0.25) is 0 Å². The van der Waals surface area contributed by atoms with E-state index in [0.29, 0.717) is 0 Å². The zero-order valence-corrected chi connectivity index (χ0v) is 7.97. The van der Waals surface area contributed by atoms with Gasteiger partial charge < -0.3 is 4.90 Å². The third kappa shape index (κ3) is 1.25. The van der Waals surface area contributed by atoms with Gasteiger partial charge in [-0.25, -0.2) is 0 Å². The van der Waals surface area contributed by atoms with Crippen molar-refractivity contribution >= 4 is 23.2 Å². The van der Waals surface area contributed by atoms with Crippen molar-refractivity contribution in [1.29, 1.82) is 0 Å². The third-order valence-electron chi connectivity index (χ3n) is 1.97. The zero-order valence-electron chi connectivity index (χ0n) is 7.16. The molecule has 0 bridgehead atoms. The molecule has 0 fully saturated rings. The highest BCUT2D eigenvalue weighted by molar-refractivity contribution is 7.12. The largest absolute Gasteiger partial charge is 0.351 e. The van der Waals surface area contributed by atoms with E-state index in [1.54, 1.807) is 11.3 Å². The van der Waals surface area contributed by atoms with Crippen LogP contribution in [0.25, 0.3) is 0 Å². The summed E-state index contributed by atoms with van der Waals surface area (Å²) in [6.07, 6.45) is 3.16. The summed E-state index contributed by atoms with van der Waals surface area (Å²) in [7, 11) is 0. The maximum atomic E-state index is 4.30. The van der Waals surface area contributed by atoms with Crippen molar-refractivity contribution in [3.05, 3.63) is 16.3 Å². The molecule has 0 aliphatic carbocycles. The Bertz CT molecular complexity index is 290. The summed E-state index contributed by atoms with van der Waals surface area (Å²) >= 11 is 1.76. The third-order valence-corrected chi connectivity index (χ3v) is 2.81. The second-order valence-corrected chi connectivity index (χ2v) is 3.83. The number of hydrogen-bond donors (Lipinski definition) is 0. The Morgan fingerprint density at radius 3 is 3.42 bits per heavy atom. The van der Waals surface area contributed by atoms with E-state index in [4.69, 9.17) is 0 Å². The fraction of sp³-hybridized carbons (Fsp3) is 0.444. The monoisotopic (exact) mass is 180 g/mol. The van der Waals surface area contributed by atoms with Crippen LogP contribution in [0.1, 0.15) is 18.2 Å². The molecule has 0 saturated heterocycles. The number of fused-ring (bicyclic) bond motifs is 1. The first-order valence-electron chi connectivity index (χ1n) is 4.24. The van der Waals surface area contributed by atoms with Gasteiger partial charge >= 0.3 is 0 Å². The van der Waals surface area contributed by atoms with Crippen molar-refractivity contribution in [1.82, 2.24) is 0 Å². The summed E-state index contributed by atoms with van der Waals surface area (Å²) in [5.74, 6) is 0. The Hall–Kier alpha value is -0.830. The SMILES string of the molecule is CCCN1CN=Cc2sccc21. The van der Waals surface area contributed by atoms with Gasteiger partial charge in [-0.1, -0.05) is 6.92 Å². The summed E-state index contributed by atoms with van der Waals surface area (Å²) in [5.41, 5.74) is 1.36. The lowest BCUT2D eigenvalue weighted by Crippen LogP contribution is -2.26. The molecule has 1 aromatic heterocycles. The minimum atomic E-state index is 0.831. The molecule has 0 atom stereocenters. The van der Waals surface area contributed by atoms with Crippen LogP contribution in [0.5, 0.6) is 0 Å². The Morgan fingerprint density at radius 1 is 1.67 bits per heavy atom. The average Bonchev–Trinajstić information content (AvgIpc) is 2.53. The number of hydrogen-bond acceptors (Lipinski definition) is 3. The Labute approximate surface area is 76.5 Å². The van der Waals surface area contributed by atoms with Crippen molar-refractivity contribution in [2.24, 2.45) is 4.99 Å². The topological polar surface area (TPSA) is 15.6 Å². The molecule has 2 nitrogen and oxygen atoms in total. The standard InChI is InChI=1S/C9H12N2S/c1-2-4-11-7-10-6-9-8(11)3-5-12-9/h3,5-6H,2,4,7H2,1H3. The lowest BCUT2D eigenvalue weighted by molar-refractivity contribution is 0.775. The molecule has 3 heteroatoms. The molecule has 1 aliphatic heterocycles. The predicted molar refractivity (Wildman–Crippen MR) is 54.4 cm³/mol. The van der Waals surface area contributed by atoms with Crippen molar-refractivity contribution in [3.8, 4) is 0 Å². The second-order valence-electron chi connectivity index (χ2n) is 2.89. The van der Waals surface area contributed by atoms with Crippen LogP contribution in [0, 0.1) is 0 Å². The van der Waals surface area contributed by atoms with Crippen LogP contribution in [-0.4, -0.2) is 19.4 Å². The summed E-state index contributed by atoms with van der Waals surface area (Å²) in [6.45, 7) is 4.14. The molecule has 64 valence electrons. The minimum Gasteiger partial charge on any atom is -0.351 e. The summed E-state index contributed by atoms with van der Waals surface area (Å²) < 4.78 is 0. The van der Waals surface area contributed by atoms with E-state index in [9.17, 15) is 0 Å². The van der Waals surface area contributed by atoms with E-state index in [1.165, 1.54) is 17.0 Å². The van der Waals surface area contributed by atoms with Crippen LogP contribution in [0.4, 0.5) is 5.69 Å². The van der Waals surface area contributed by atoms with E-state index in [1.807, 2.05) is 6.21 Å². The molecule has 0 spiro atoms. The minimum absolute atomic E-state index is 0.831. The van der Waals surface area contributed by atoms with Gasteiger partial charge in [0, 0.05) is 12.8 Å². The van der Waals surface area contributed by atoms with Crippen molar-refractivity contribution in [3.63, 3.8) is 0 Å². The zero-order chi connectivity index (χ0) is 8.39. The molecule has 0 N–H and O–H groups in total.